The second-order valence-corrected chi connectivity index (χ2v) is 4.30. The van der Waals surface area contributed by atoms with Crippen LogP contribution >= 0.6 is 0 Å². The molecule has 0 aromatic carbocycles. The van der Waals surface area contributed by atoms with Gasteiger partial charge in [-0.3, -0.25) is 0 Å². The van der Waals surface area contributed by atoms with Crippen LogP contribution in [-0.2, 0) is 0 Å². The second-order valence-electron chi connectivity index (χ2n) is 4.30. The van der Waals surface area contributed by atoms with E-state index in [9.17, 15) is 0 Å². The van der Waals surface area contributed by atoms with Crippen LogP contribution in [0.25, 0.3) is 0 Å². The molecular weight excluding hydrogens is 150 g/mol. The zero-order chi connectivity index (χ0) is 9.35. The fourth-order valence-corrected chi connectivity index (χ4v) is 1.00. The highest BCUT2D eigenvalue weighted by Gasteiger charge is 2.24. The summed E-state index contributed by atoms with van der Waals surface area (Å²) >= 11 is 0. The van der Waals surface area contributed by atoms with Gasteiger partial charge in [0.1, 0.15) is 5.82 Å². The fourth-order valence-electron chi connectivity index (χ4n) is 1.00. The standard InChI is InChI=1S/C9H17N3/c1-6-5-11-8(12-6)7(10)9(2,3)4/h5,7H,10H2,1-4H3,(H,11,12). The van der Waals surface area contributed by atoms with Gasteiger partial charge in [-0.05, 0) is 12.3 Å². The van der Waals surface area contributed by atoms with Crippen molar-refractivity contribution in [1.82, 2.24) is 9.97 Å². The van der Waals surface area contributed by atoms with E-state index in [2.05, 4.69) is 30.7 Å². The van der Waals surface area contributed by atoms with Gasteiger partial charge in [-0.1, -0.05) is 20.8 Å². The SMILES string of the molecule is Cc1cnc(C(N)C(C)(C)C)[nH]1. The molecule has 1 unspecified atom stereocenters. The van der Waals surface area contributed by atoms with Gasteiger partial charge in [-0.15, -0.1) is 0 Å². The summed E-state index contributed by atoms with van der Waals surface area (Å²) in [5, 5.41) is 0. The Labute approximate surface area is 73.4 Å². The van der Waals surface area contributed by atoms with Gasteiger partial charge in [0.15, 0.2) is 0 Å². The normalized spacial score (nSPS) is 14.8. The molecule has 1 rings (SSSR count). The Hall–Kier alpha value is -0.830. The number of hydrogen-bond acceptors (Lipinski definition) is 2. The van der Waals surface area contributed by atoms with Crippen molar-refractivity contribution in [2.75, 3.05) is 0 Å². The Morgan fingerprint density at radius 1 is 1.50 bits per heavy atom. The summed E-state index contributed by atoms with van der Waals surface area (Å²) in [6.45, 7) is 8.30. The molecule has 0 bridgehead atoms. The Morgan fingerprint density at radius 3 is 2.42 bits per heavy atom. The predicted octanol–water partition coefficient (Wildman–Crippen LogP) is 1.76. The maximum absolute atomic E-state index is 5.99. The highest BCUT2D eigenvalue weighted by Crippen LogP contribution is 2.28. The maximum Gasteiger partial charge on any atom is 0.123 e. The lowest BCUT2D eigenvalue weighted by Crippen LogP contribution is -2.27. The van der Waals surface area contributed by atoms with E-state index >= 15 is 0 Å². The molecular formula is C9H17N3. The van der Waals surface area contributed by atoms with Crippen LogP contribution in [0.15, 0.2) is 6.20 Å². The molecule has 1 aromatic heterocycles. The van der Waals surface area contributed by atoms with Crippen LogP contribution in [0.2, 0.25) is 0 Å². The van der Waals surface area contributed by atoms with Gasteiger partial charge < -0.3 is 10.7 Å². The van der Waals surface area contributed by atoms with Crippen LogP contribution in [0.5, 0.6) is 0 Å². The number of rotatable bonds is 1. The largest absolute Gasteiger partial charge is 0.345 e. The van der Waals surface area contributed by atoms with E-state index in [4.69, 9.17) is 5.73 Å². The molecule has 0 spiro atoms. The first-order valence-electron chi connectivity index (χ1n) is 4.18. The zero-order valence-electron chi connectivity index (χ0n) is 8.18. The third-order valence-corrected chi connectivity index (χ3v) is 1.95. The molecule has 68 valence electrons. The number of aromatic nitrogens is 2. The predicted molar refractivity (Wildman–Crippen MR) is 49.7 cm³/mol. The Kier molecular flexibility index (Phi) is 2.24. The minimum absolute atomic E-state index is 0.0220. The van der Waals surface area contributed by atoms with Gasteiger partial charge in [-0.2, -0.15) is 0 Å². The number of aryl methyl sites for hydroxylation is 1. The van der Waals surface area contributed by atoms with Crippen LogP contribution in [0.1, 0.15) is 38.3 Å². The van der Waals surface area contributed by atoms with Gasteiger partial charge in [0.2, 0.25) is 0 Å². The van der Waals surface area contributed by atoms with Gasteiger partial charge in [0, 0.05) is 11.9 Å². The second kappa shape index (κ2) is 2.90. The first-order valence-corrected chi connectivity index (χ1v) is 4.18. The van der Waals surface area contributed by atoms with Crippen LogP contribution in [0.3, 0.4) is 0 Å². The van der Waals surface area contributed by atoms with E-state index in [-0.39, 0.29) is 11.5 Å². The average molecular weight is 167 g/mol. The molecule has 3 N–H and O–H groups in total. The van der Waals surface area contributed by atoms with Crippen molar-refractivity contribution in [3.63, 3.8) is 0 Å². The Morgan fingerprint density at radius 2 is 2.08 bits per heavy atom. The van der Waals surface area contributed by atoms with E-state index in [1.54, 1.807) is 6.20 Å². The quantitative estimate of drug-likeness (QED) is 0.669. The highest BCUT2D eigenvalue weighted by molar-refractivity contribution is 5.04. The number of hydrogen-bond donors (Lipinski definition) is 2. The Balaban J connectivity index is 2.85. The molecule has 1 atom stereocenters. The molecule has 1 aromatic rings. The molecule has 12 heavy (non-hydrogen) atoms. The minimum Gasteiger partial charge on any atom is -0.345 e. The summed E-state index contributed by atoms with van der Waals surface area (Å²) < 4.78 is 0. The number of aromatic amines is 1. The van der Waals surface area contributed by atoms with Crippen molar-refractivity contribution in [2.24, 2.45) is 11.1 Å². The van der Waals surface area contributed by atoms with Gasteiger partial charge in [0.25, 0.3) is 0 Å². The summed E-state index contributed by atoms with van der Waals surface area (Å²) in [5.41, 5.74) is 7.11. The molecule has 3 nitrogen and oxygen atoms in total. The molecule has 0 saturated heterocycles. The summed E-state index contributed by atoms with van der Waals surface area (Å²) in [6.07, 6.45) is 1.81. The highest BCUT2D eigenvalue weighted by atomic mass is 15.0. The van der Waals surface area contributed by atoms with E-state index in [1.165, 1.54) is 0 Å². The molecule has 0 aliphatic rings. The number of nitrogens with zero attached hydrogens (tertiary/aromatic N) is 1. The maximum atomic E-state index is 5.99. The average Bonchev–Trinajstić information content (AvgIpc) is 2.32. The number of nitrogens with two attached hydrogens (primary N) is 1. The summed E-state index contributed by atoms with van der Waals surface area (Å²) in [7, 11) is 0. The topological polar surface area (TPSA) is 54.7 Å². The molecule has 0 aliphatic heterocycles. The van der Waals surface area contributed by atoms with Crippen molar-refractivity contribution in [3.8, 4) is 0 Å². The molecule has 0 aliphatic carbocycles. The van der Waals surface area contributed by atoms with Crippen molar-refractivity contribution < 1.29 is 0 Å². The third-order valence-electron chi connectivity index (χ3n) is 1.95. The minimum atomic E-state index is -0.0220. The number of H-pyrrole nitrogens is 1. The molecule has 3 heteroatoms. The summed E-state index contributed by atoms with van der Waals surface area (Å²) in [6, 6.07) is -0.0220. The van der Waals surface area contributed by atoms with E-state index < -0.39 is 0 Å². The van der Waals surface area contributed by atoms with Crippen LogP contribution in [0.4, 0.5) is 0 Å². The zero-order valence-corrected chi connectivity index (χ0v) is 8.18. The van der Waals surface area contributed by atoms with Gasteiger partial charge >= 0.3 is 0 Å². The van der Waals surface area contributed by atoms with Crippen molar-refractivity contribution in [3.05, 3.63) is 17.7 Å². The summed E-state index contributed by atoms with van der Waals surface area (Å²) in [4.78, 5) is 7.35. The monoisotopic (exact) mass is 167 g/mol. The van der Waals surface area contributed by atoms with Crippen LogP contribution < -0.4 is 5.73 Å². The lowest BCUT2D eigenvalue weighted by Gasteiger charge is -2.24. The first kappa shape index (κ1) is 9.26. The van der Waals surface area contributed by atoms with E-state index in [0.717, 1.165) is 11.5 Å². The Bertz CT molecular complexity index is 257. The van der Waals surface area contributed by atoms with Crippen LogP contribution in [0, 0.1) is 12.3 Å². The molecule has 0 fully saturated rings. The lowest BCUT2D eigenvalue weighted by atomic mass is 9.87. The lowest BCUT2D eigenvalue weighted by molar-refractivity contribution is 0.316. The number of imidazole rings is 1. The summed E-state index contributed by atoms with van der Waals surface area (Å²) in [5.74, 6) is 0.875. The van der Waals surface area contributed by atoms with Gasteiger partial charge in [0.05, 0.1) is 6.04 Å². The fraction of sp³-hybridized carbons (Fsp3) is 0.667. The number of nitrogens with one attached hydrogen (secondary N) is 1. The van der Waals surface area contributed by atoms with Gasteiger partial charge in [-0.25, -0.2) is 4.98 Å². The van der Waals surface area contributed by atoms with Crippen LogP contribution in [-0.4, -0.2) is 9.97 Å². The smallest absolute Gasteiger partial charge is 0.123 e. The van der Waals surface area contributed by atoms with Crippen molar-refractivity contribution >= 4 is 0 Å². The molecule has 0 radical (unpaired) electrons. The molecule has 0 amide bonds. The van der Waals surface area contributed by atoms with E-state index in [0.29, 0.717) is 0 Å². The first-order chi connectivity index (χ1) is 5.41. The molecule has 1 heterocycles. The van der Waals surface area contributed by atoms with Crippen molar-refractivity contribution in [2.45, 2.75) is 33.7 Å². The van der Waals surface area contributed by atoms with E-state index in [1.807, 2.05) is 6.92 Å². The third kappa shape index (κ3) is 1.85. The van der Waals surface area contributed by atoms with Crippen molar-refractivity contribution in [1.29, 1.82) is 0 Å². The molecule has 0 saturated carbocycles.